The Morgan fingerprint density at radius 1 is 0.946 bits per heavy atom. The van der Waals surface area contributed by atoms with Crippen molar-refractivity contribution in [2.75, 3.05) is 30.4 Å². The molecule has 0 unspecified atom stereocenters. The van der Waals surface area contributed by atoms with Crippen molar-refractivity contribution in [1.29, 1.82) is 0 Å². The molecular formula is C28H39ClFN5O2. The van der Waals surface area contributed by atoms with Crippen LogP contribution in [0.15, 0.2) is 24.5 Å². The summed E-state index contributed by atoms with van der Waals surface area (Å²) in [6, 6.07) is 4.75. The summed E-state index contributed by atoms with van der Waals surface area (Å²) in [5, 5.41) is 21.3. The third-order valence-electron chi connectivity index (χ3n) is 8.19. The highest BCUT2D eigenvalue weighted by Gasteiger charge is 2.28. The minimum Gasteiger partial charge on any atom is -0.392 e. The maximum Gasteiger partial charge on any atom is 0.236 e. The molecule has 2 atom stereocenters. The highest BCUT2D eigenvalue weighted by Crippen LogP contribution is 2.32. The van der Waals surface area contributed by atoms with Crippen molar-refractivity contribution in [3.8, 4) is 11.1 Å². The van der Waals surface area contributed by atoms with Gasteiger partial charge in [-0.3, -0.25) is 0 Å². The summed E-state index contributed by atoms with van der Waals surface area (Å²) >= 11 is 6.51. The molecule has 2 aliphatic carbocycles. The van der Waals surface area contributed by atoms with Gasteiger partial charge >= 0.3 is 0 Å². The molecule has 2 aromatic rings. The summed E-state index contributed by atoms with van der Waals surface area (Å²) < 4.78 is 19.9. The van der Waals surface area contributed by atoms with Gasteiger partial charge in [0.2, 0.25) is 5.95 Å². The van der Waals surface area contributed by atoms with Crippen LogP contribution in [0.5, 0.6) is 0 Å². The summed E-state index contributed by atoms with van der Waals surface area (Å²) in [7, 11) is 0. The minimum atomic E-state index is -0.509. The number of hydrogen-bond acceptors (Lipinski definition) is 7. The van der Waals surface area contributed by atoms with Crippen LogP contribution in [0.2, 0.25) is 5.02 Å². The van der Waals surface area contributed by atoms with Gasteiger partial charge in [-0.05, 0) is 69.4 Å². The zero-order chi connectivity index (χ0) is 25.6. The lowest BCUT2D eigenvalue weighted by molar-refractivity contribution is 0.0699. The summed E-state index contributed by atoms with van der Waals surface area (Å²) in [4.78, 5) is 8.49. The predicted octanol–water partition coefficient (Wildman–Crippen LogP) is 5.39. The monoisotopic (exact) mass is 531 g/mol. The molecule has 0 spiro atoms. The molecular weight excluding hydrogens is 493 g/mol. The molecule has 0 bridgehead atoms. The molecule has 3 aliphatic rings. The van der Waals surface area contributed by atoms with Crippen LogP contribution in [-0.4, -0.2) is 59.1 Å². The summed E-state index contributed by atoms with van der Waals surface area (Å²) in [5.74, 6) is 0.722. The number of nitrogens with zero attached hydrogens (tertiary/aromatic N) is 2. The smallest absolute Gasteiger partial charge is 0.236 e. The third kappa shape index (κ3) is 7.11. The quantitative estimate of drug-likeness (QED) is 0.339. The van der Waals surface area contributed by atoms with E-state index in [0.717, 1.165) is 87.9 Å². The maximum absolute atomic E-state index is 14.5. The van der Waals surface area contributed by atoms with Gasteiger partial charge in [0.25, 0.3) is 0 Å². The van der Waals surface area contributed by atoms with Crippen molar-refractivity contribution in [3.05, 3.63) is 35.5 Å². The fraction of sp³-hybridized carbons (Fsp3) is 0.643. The van der Waals surface area contributed by atoms with Crippen LogP contribution in [0, 0.1) is 11.9 Å². The van der Waals surface area contributed by atoms with Crippen molar-refractivity contribution in [3.63, 3.8) is 0 Å². The second-order valence-electron chi connectivity index (χ2n) is 10.9. The zero-order valence-corrected chi connectivity index (χ0v) is 22.2. The van der Waals surface area contributed by atoms with E-state index in [2.05, 4.69) is 25.9 Å². The van der Waals surface area contributed by atoms with E-state index in [9.17, 15) is 9.50 Å². The van der Waals surface area contributed by atoms with Gasteiger partial charge in [-0.15, -0.1) is 0 Å². The lowest BCUT2D eigenvalue weighted by Crippen LogP contribution is -2.48. The fourth-order valence-corrected chi connectivity index (χ4v) is 6.10. The Labute approximate surface area is 224 Å². The van der Waals surface area contributed by atoms with Crippen molar-refractivity contribution < 1.29 is 14.2 Å². The van der Waals surface area contributed by atoms with Gasteiger partial charge in [0.05, 0.1) is 16.8 Å². The molecule has 2 saturated carbocycles. The highest BCUT2D eigenvalue weighted by molar-refractivity contribution is 6.33. The number of pyridine rings is 2. The van der Waals surface area contributed by atoms with E-state index in [-0.39, 0.29) is 12.1 Å². The number of aliphatic hydroxyl groups excluding tert-OH is 1. The van der Waals surface area contributed by atoms with Crippen LogP contribution >= 0.6 is 11.6 Å². The second kappa shape index (κ2) is 12.7. The molecule has 37 heavy (non-hydrogen) atoms. The lowest BCUT2D eigenvalue weighted by Gasteiger charge is -2.36. The van der Waals surface area contributed by atoms with Gasteiger partial charge in [-0.2, -0.15) is 4.39 Å². The van der Waals surface area contributed by atoms with Crippen LogP contribution in [0.4, 0.5) is 15.9 Å². The number of anilines is 2. The van der Waals surface area contributed by atoms with E-state index in [1.54, 1.807) is 12.3 Å². The minimum absolute atomic E-state index is 0.209. The number of aromatic nitrogens is 2. The standard InChI is InChI=1S/C28H39ClFN5O2/c29-23-17-32-27(35-21-7-5-20(6-8-21)34-24-3-1-2-4-26(24)36)14-22(23)19-13-25(28(30)33-16-19)31-15-18-9-11-37-12-10-18/h13-14,16-18,20-21,24,26,31,34,36H,1-12,15H2,(H,32,35)/t20?,21?,24-,26-/m0/s1. The Morgan fingerprint density at radius 3 is 2.49 bits per heavy atom. The number of halogens is 2. The molecule has 3 fully saturated rings. The fourth-order valence-electron chi connectivity index (χ4n) is 5.89. The van der Waals surface area contributed by atoms with Crippen molar-refractivity contribution in [2.24, 2.45) is 5.92 Å². The first-order chi connectivity index (χ1) is 18.0. The number of ether oxygens (including phenoxy) is 1. The Balaban J connectivity index is 1.18. The molecule has 202 valence electrons. The van der Waals surface area contributed by atoms with Crippen LogP contribution < -0.4 is 16.0 Å². The largest absolute Gasteiger partial charge is 0.392 e. The van der Waals surface area contributed by atoms with Crippen LogP contribution in [0.3, 0.4) is 0 Å². The van der Waals surface area contributed by atoms with E-state index in [4.69, 9.17) is 16.3 Å². The number of rotatable bonds is 8. The number of hydrogen-bond donors (Lipinski definition) is 4. The Kier molecular flexibility index (Phi) is 9.13. The maximum atomic E-state index is 14.5. The zero-order valence-electron chi connectivity index (χ0n) is 21.4. The normalized spacial score (nSPS) is 27.1. The molecule has 1 aliphatic heterocycles. The van der Waals surface area contributed by atoms with E-state index in [1.807, 2.05) is 6.07 Å². The van der Waals surface area contributed by atoms with Gasteiger partial charge in [-0.25, -0.2) is 9.97 Å². The SMILES string of the molecule is O[C@H]1CCCC[C@@H]1NC1CCC(Nc2cc(-c3cnc(F)c(NCC4CCOCC4)c3)c(Cl)cn2)CC1. The van der Waals surface area contributed by atoms with Gasteiger partial charge in [-0.1, -0.05) is 24.4 Å². The van der Waals surface area contributed by atoms with Crippen molar-refractivity contribution in [1.82, 2.24) is 15.3 Å². The Hall–Kier alpha value is -2.00. The van der Waals surface area contributed by atoms with E-state index in [0.29, 0.717) is 35.3 Å². The number of aliphatic hydroxyl groups is 1. The molecule has 4 N–H and O–H groups in total. The topological polar surface area (TPSA) is 91.3 Å². The molecule has 5 rings (SSSR count). The second-order valence-corrected chi connectivity index (χ2v) is 11.3. The van der Waals surface area contributed by atoms with E-state index < -0.39 is 5.95 Å². The van der Waals surface area contributed by atoms with E-state index in [1.165, 1.54) is 12.6 Å². The molecule has 0 amide bonds. The molecule has 0 aromatic carbocycles. The van der Waals surface area contributed by atoms with Gasteiger partial charge < -0.3 is 25.8 Å². The van der Waals surface area contributed by atoms with Crippen LogP contribution in [0.1, 0.15) is 64.2 Å². The molecule has 9 heteroatoms. The highest BCUT2D eigenvalue weighted by atomic mass is 35.5. The van der Waals surface area contributed by atoms with E-state index >= 15 is 0 Å². The first-order valence-electron chi connectivity index (χ1n) is 13.9. The summed E-state index contributed by atoms with van der Waals surface area (Å²) in [6.07, 6.45) is 13.5. The lowest BCUT2D eigenvalue weighted by atomic mass is 9.87. The van der Waals surface area contributed by atoms with Crippen LogP contribution in [-0.2, 0) is 4.74 Å². The first kappa shape index (κ1) is 26.6. The van der Waals surface area contributed by atoms with Crippen molar-refractivity contribution >= 4 is 23.1 Å². The number of nitrogens with one attached hydrogen (secondary N) is 3. The predicted molar refractivity (Wildman–Crippen MR) is 146 cm³/mol. The molecule has 7 nitrogen and oxygen atoms in total. The van der Waals surface area contributed by atoms with Crippen molar-refractivity contribution in [2.45, 2.75) is 88.4 Å². The molecule has 1 saturated heterocycles. The van der Waals surface area contributed by atoms with Gasteiger partial charge in [0.15, 0.2) is 0 Å². The average Bonchev–Trinajstić information content (AvgIpc) is 2.92. The molecule has 3 heterocycles. The summed E-state index contributed by atoms with van der Waals surface area (Å²) in [5.41, 5.74) is 1.92. The Morgan fingerprint density at radius 2 is 1.70 bits per heavy atom. The Bertz CT molecular complexity index is 1030. The molecule has 0 radical (unpaired) electrons. The summed E-state index contributed by atoms with van der Waals surface area (Å²) in [6.45, 7) is 2.22. The first-order valence-corrected chi connectivity index (χ1v) is 14.3. The van der Waals surface area contributed by atoms with Gasteiger partial charge in [0.1, 0.15) is 5.82 Å². The average molecular weight is 532 g/mol. The van der Waals surface area contributed by atoms with Gasteiger partial charge in [0, 0.05) is 61.4 Å². The third-order valence-corrected chi connectivity index (χ3v) is 8.49. The molecule has 2 aromatic heterocycles. The van der Waals surface area contributed by atoms with Crippen LogP contribution in [0.25, 0.3) is 11.1 Å².